The number of aryl methyl sites for hydroxylation is 3. The summed E-state index contributed by atoms with van der Waals surface area (Å²) in [6, 6.07) is 13.1. The van der Waals surface area contributed by atoms with Crippen molar-refractivity contribution in [3.8, 4) is 0 Å². The average Bonchev–Trinajstić information content (AvgIpc) is 2.55. The number of benzene rings is 2. The first-order valence-corrected chi connectivity index (χ1v) is 7.97. The largest absolute Gasteiger partial charge is 0.452 e. The van der Waals surface area contributed by atoms with E-state index in [4.69, 9.17) is 4.74 Å². The first-order valence-electron chi connectivity index (χ1n) is 7.97. The van der Waals surface area contributed by atoms with Gasteiger partial charge in [-0.05, 0) is 56.5 Å². The maximum absolute atomic E-state index is 12.0. The molecule has 1 unspecified atom stereocenters. The lowest BCUT2D eigenvalue weighted by molar-refractivity contribution is -0.124. The number of ether oxygens (including phenoxy) is 1. The molecule has 0 spiro atoms. The van der Waals surface area contributed by atoms with Crippen LogP contribution in [-0.4, -0.2) is 18.5 Å². The molecule has 0 saturated heterocycles. The molecule has 1 amide bonds. The summed E-state index contributed by atoms with van der Waals surface area (Å²) in [4.78, 5) is 24.0. The van der Waals surface area contributed by atoms with Crippen LogP contribution in [0.1, 0.15) is 45.6 Å². The Bertz CT molecular complexity index is 735. The fraction of sp³-hybridized carbons (Fsp3) is 0.300. The molecule has 2 rings (SSSR count). The van der Waals surface area contributed by atoms with Crippen molar-refractivity contribution in [3.05, 3.63) is 70.3 Å². The van der Waals surface area contributed by atoms with E-state index in [1.165, 1.54) is 5.56 Å². The zero-order chi connectivity index (χ0) is 17.7. The lowest BCUT2D eigenvalue weighted by Gasteiger charge is -2.14. The minimum atomic E-state index is -0.490. The second-order valence-electron chi connectivity index (χ2n) is 6.08. The molecule has 2 aromatic rings. The van der Waals surface area contributed by atoms with Gasteiger partial charge in [-0.3, -0.25) is 4.79 Å². The second kappa shape index (κ2) is 7.77. The van der Waals surface area contributed by atoms with Gasteiger partial charge in [0, 0.05) is 0 Å². The van der Waals surface area contributed by atoms with Crippen molar-refractivity contribution >= 4 is 11.9 Å². The van der Waals surface area contributed by atoms with Crippen LogP contribution in [0.15, 0.2) is 42.5 Å². The number of amides is 1. The van der Waals surface area contributed by atoms with Crippen molar-refractivity contribution in [2.45, 2.75) is 33.7 Å². The van der Waals surface area contributed by atoms with E-state index in [0.29, 0.717) is 5.56 Å². The van der Waals surface area contributed by atoms with Crippen LogP contribution in [0, 0.1) is 20.8 Å². The van der Waals surface area contributed by atoms with Gasteiger partial charge in [0.05, 0.1) is 11.6 Å². The predicted octanol–water partition coefficient (Wildman–Crippen LogP) is 3.65. The quantitative estimate of drug-likeness (QED) is 0.854. The van der Waals surface area contributed by atoms with Gasteiger partial charge in [-0.25, -0.2) is 4.79 Å². The molecule has 4 heteroatoms. The molecule has 0 fully saturated rings. The van der Waals surface area contributed by atoms with Crippen molar-refractivity contribution in [2.75, 3.05) is 6.61 Å². The maximum Gasteiger partial charge on any atom is 0.338 e. The molecule has 2 aromatic carbocycles. The molecule has 0 aliphatic rings. The van der Waals surface area contributed by atoms with E-state index < -0.39 is 5.97 Å². The fourth-order valence-corrected chi connectivity index (χ4v) is 2.30. The molecule has 126 valence electrons. The van der Waals surface area contributed by atoms with Crippen molar-refractivity contribution in [1.82, 2.24) is 5.32 Å². The number of hydrogen-bond acceptors (Lipinski definition) is 3. The van der Waals surface area contributed by atoms with Crippen LogP contribution in [0.5, 0.6) is 0 Å². The van der Waals surface area contributed by atoms with Gasteiger partial charge in [0.1, 0.15) is 0 Å². The van der Waals surface area contributed by atoms with Crippen molar-refractivity contribution in [1.29, 1.82) is 0 Å². The Kier molecular flexibility index (Phi) is 5.74. The molecule has 0 heterocycles. The lowest BCUT2D eigenvalue weighted by Crippen LogP contribution is -2.31. The number of rotatable bonds is 5. The van der Waals surface area contributed by atoms with Gasteiger partial charge < -0.3 is 10.1 Å². The normalized spacial score (nSPS) is 11.7. The molecule has 0 saturated carbocycles. The minimum absolute atomic E-state index is 0.140. The smallest absolute Gasteiger partial charge is 0.338 e. The first kappa shape index (κ1) is 17.7. The summed E-state index contributed by atoms with van der Waals surface area (Å²) >= 11 is 0. The van der Waals surface area contributed by atoms with Crippen LogP contribution >= 0.6 is 0 Å². The van der Waals surface area contributed by atoms with E-state index in [2.05, 4.69) is 5.32 Å². The Balaban J connectivity index is 1.87. The van der Waals surface area contributed by atoms with Crippen LogP contribution in [0.4, 0.5) is 0 Å². The standard InChI is InChI=1S/C20H23NO3/c1-13-5-8-17(9-6-13)16(4)21-19(22)12-24-20(23)18-10-7-14(2)15(3)11-18/h5-11,16H,12H2,1-4H3,(H,21,22). The molecule has 1 atom stereocenters. The number of carbonyl (C=O) groups excluding carboxylic acids is 2. The summed E-state index contributed by atoms with van der Waals surface area (Å²) in [7, 11) is 0. The number of hydrogen-bond donors (Lipinski definition) is 1. The van der Waals surface area contributed by atoms with Gasteiger partial charge in [0.25, 0.3) is 5.91 Å². The summed E-state index contributed by atoms with van der Waals surface area (Å²) in [5.74, 6) is -0.809. The highest BCUT2D eigenvalue weighted by atomic mass is 16.5. The topological polar surface area (TPSA) is 55.4 Å². The van der Waals surface area contributed by atoms with E-state index in [9.17, 15) is 9.59 Å². The average molecular weight is 325 g/mol. The Morgan fingerprint density at radius 1 is 1.00 bits per heavy atom. The Hall–Kier alpha value is -2.62. The molecule has 0 aliphatic heterocycles. The monoisotopic (exact) mass is 325 g/mol. The van der Waals surface area contributed by atoms with Crippen LogP contribution in [0.25, 0.3) is 0 Å². The molecule has 0 bridgehead atoms. The molecule has 0 aromatic heterocycles. The number of esters is 1. The first-order chi connectivity index (χ1) is 11.4. The van der Waals surface area contributed by atoms with Crippen molar-refractivity contribution in [3.63, 3.8) is 0 Å². The molecular formula is C20H23NO3. The van der Waals surface area contributed by atoms with E-state index in [1.54, 1.807) is 12.1 Å². The van der Waals surface area contributed by atoms with Crippen LogP contribution < -0.4 is 5.32 Å². The highest BCUT2D eigenvalue weighted by Gasteiger charge is 2.13. The maximum atomic E-state index is 12.0. The Morgan fingerprint density at radius 3 is 2.29 bits per heavy atom. The third kappa shape index (κ3) is 4.69. The SMILES string of the molecule is Cc1ccc(C(C)NC(=O)COC(=O)c2ccc(C)c(C)c2)cc1. The summed E-state index contributed by atoms with van der Waals surface area (Å²) in [5.41, 5.74) is 4.75. The van der Waals surface area contributed by atoms with Gasteiger partial charge in [-0.15, -0.1) is 0 Å². The van der Waals surface area contributed by atoms with Gasteiger partial charge in [0.2, 0.25) is 0 Å². The molecule has 1 N–H and O–H groups in total. The zero-order valence-corrected chi connectivity index (χ0v) is 14.6. The van der Waals surface area contributed by atoms with E-state index in [-0.39, 0.29) is 18.6 Å². The summed E-state index contributed by atoms with van der Waals surface area (Å²) < 4.78 is 5.09. The summed E-state index contributed by atoms with van der Waals surface area (Å²) in [6.07, 6.45) is 0. The van der Waals surface area contributed by atoms with Crippen molar-refractivity contribution < 1.29 is 14.3 Å². The second-order valence-corrected chi connectivity index (χ2v) is 6.08. The van der Waals surface area contributed by atoms with Gasteiger partial charge in [-0.1, -0.05) is 35.9 Å². The zero-order valence-electron chi connectivity index (χ0n) is 14.6. The van der Waals surface area contributed by atoms with Crippen LogP contribution in [0.2, 0.25) is 0 Å². The van der Waals surface area contributed by atoms with Crippen molar-refractivity contribution in [2.24, 2.45) is 0 Å². The Morgan fingerprint density at radius 2 is 1.67 bits per heavy atom. The minimum Gasteiger partial charge on any atom is -0.452 e. The number of nitrogens with one attached hydrogen (secondary N) is 1. The number of carbonyl (C=O) groups is 2. The van der Waals surface area contributed by atoms with E-state index in [1.807, 2.05) is 58.0 Å². The molecule has 0 aliphatic carbocycles. The molecule has 0 radical (unpaired) electrons. The highest BCUT2D eigenvalue weighted by Crippen LogP contribution is 2.13. The third-order valence-electron chi connectivity index (χ3n) is 4.03. The van der Waals surface area contributed by atoms with Gasteiger partial charge in [-0.2, -0.15) is 0 Å². The van der Waals surface area contributed by atoms with Crippen LogP contribution in [-0.2, 0) is 9.53 Å². The van der Waals surface area contributed by atoms with E-state index >= 15 is 0 Å². The fourth-order valence-electron chi connectivity index (χ4n) is 2.30. The molecule has 4 nitrogen and oxygen atoms in total. The third-order valence-corrected chi connectivity index (χ3v) is 4.03. The molecule has 24 heavy (non-hydrogen) atoms. The predicted molar refractivity (Wildman–Crippen MR) is 93.9 cm³/mol. The van der Waals surface area contributed by atoms with Gasteiger partial charge >= 0.3 is 5.97 Å². The lowest BCUT2D eigenvalue weighted by atomic mass is 10.1. The summed E-state index contributed by atoms with van der Waals surface area (Å²) in [5, 5.41) is 2.83. The Labute approximate surface area is 142 Å². The summed E-state index contributed by atoms with van der Waals surface area (Å²) in [6.45, 7) is 7.53. The van der Waals surface area contributed by atoms with E-state index in [0.717, 1.165) is 16.7 Å². The highest BCUT2D eigenvalue weighted by molar-refractivity contribution is 5.91. The molecular weight excluding hydrogens is 302 g/mol. The van der Waals surface area contributed by atoms with Gasteiger partial charge in [0.15, 0.2) is 6.61 Å². The van der Waals surface area contributed by atoms with Crippen LogP contribution in [0.3, 0.4) is 0 Å².